The predicted octanol–water partition coefficient (Wildman–Crippen LogP) is 3.93. The van der Waals surface area contributed by atoms with Crippen molar-refractivity contribution in [2.24, 2.45) is 0 Å². The summed E-state index contributed by atoms with van der Waals surface area (Å²) < 4.78 is 0.970. The lowest BCUT2D eigenvalue weighted by Crippen LogP contribution is -2.47. The second-order valence-electron chi connectivity index (χ2n) is 6.48. The highest BCUT2D eigenvalue weighted by molar-refractivity contribution is 9.10. The van der Waals surface area contributed by atoms with Crippen LogP contribution in [0, 0.1) is 0 Å². The first-order valence-corrected chi connectivity index (χ1v) is 9.32. The van der Waals surface area contributed by atoms with E-state index in [-0.39, 0.29) is 5.91 Å². The molecule has 3 rings (SSSR count). The Kier molecular flexibility index (Phi) is 5.53. The Morgan fingerprint density at radius 1 is 1.00 bits per heavy atom. The van der Waals surface area contributed by atoms with Gasteiger partial charge in [-0.2, -0.15) is 0 Å². The molecule has 2 fully saturated rings. The van der Waals surface area contributed by atoms with Crippen LogP contribution in [0.2, 0.25) is 0 Å². The highest BCUT2D eigenvalue weighted by atomic mass is 79.9. The molecule has 3 nitrogen and oxygen atoms in total. The standard InChI is InChI=1S/C18H25BrN2O/c19-16-7-5-6-15(14-16)18(22)21-12-8-17(9-13-21)20-10-3-1-2-4-11-20/h5-7,14,17H,1-4,8-13H2. The van der Waals surface area contributed by atoms with Gasteiger partial charge >= 0.3 is 0 Å². The molecular weight excluding hydrogens is 340 g/mol. The molecule has 0 unspecified atom stereocenters. The first-order valence-electron chi connectivity index (χ1n) is 8.53. The lowest BCUT2D eigenvalue weighted by atomic mass is 10.0. The highest BCUT2D eigenvalue weighted by Crippen LogP contribution is 2.22. The van der Waals surface area contributed by atoms with Crippen LogP contribution in [0.5, 0.6) is 0 Å². The monoisotopic (exact) mass is 364 g/mol. The molecule has 2 heterocycles. The van der Waals surface area contributed by atoms with Gasteiger partial charge in [0.1, 0.15) is 0 Å². The molecule has 0 saturated carbocycles. The van der Waals surface area contributed by atoms with Gasteiger partial charge in [0, 0.05) is 29.2 Å². The topological polar surface area (TPSA) is 23.6 Å². The van der Waals surface area contributed by atoms with E-state index in [1.165, 1.54) is 38.8 Å². The zero-order valence-corrected chi connectivity index (χ0v) is 14.7. The molecule has 1 aromatic rings. The van der Waals surface area contributed by atoms with E-state index >= 15 is 0 Å². The van der Waals surface area contributed by atoms with E-state index in [0.29, 0.717) is 6.04 Å². The molecule has 2 saturated heterocycles. The molecule has 1 amide bonds. The third kappa shape index (κ3) is 3.90. The van der Waals surface area contributed by atoms with Gasteiger partial charge in [-0.3, -0.25) is 4.79 Å². The van der Waals surface area contributed by atoms with Crippen LogP contribution in [0.15, 0.2) is 28.7 Å². The molecule has 22 heavy (non-hydrogen) atoms. The number of halogens is 1. The van der Waals surface area contributed by atoms with Crippen LogP contribution in [-0.4, -0.2) is 47.9 Å². The minimum absolute atomic E-state index is 0.176. The fourth-order valence-electron chi connectivity index (χ4n) is 3.70. The second kappa shape index (κ2) is 7.60. The largest absolute Gasteiger partial charge is 0.339 e. The number of hydrogen-bond acceptors (Lipinski definition) is 2. The van der Waals surface area contributed by atoms with Crippen molar-refractivity contribution in [2.75, 3.05) is 26.2 Å². The SMILES string of the molecule is O=C(c1cccc(Br)c1)N1CCC(N2CCCCCC2)CC1. The van der Waals surface area contributed by atoms with Gasteiger partial charge in [-0.15, -0.1) is 0 Å². The Morgan fingerprint density at radius 2 is 1.68 bits per heavy atom. The minimum atomic E-state index is 0.176. The van der Waals surface area contributed by atoms with Crippen molar-refractivity contribution in [1.82, 2.24) is 9.80 Å². The van der Waals surface area contributed by atoms with Gasteiger partial charge in [0.2, 0.25) is 0 Å². The van der Waals surface area contributed by atoms with Crippen molar-refractivity contribution in [3.63, 3.8) is 0 Å². The van der Waals surface area contributed by atoms with Crippen LogP contribution in [0.25, 0.3) is 0 Å². The van der Waals surface area contributed by atoms with Crippen LogP contribution in [0.1, 0.15) is 48.9 Å². The van der Waals surface area contributed by atoms with Crippen molar-refractivity contribution in [3.05, 3.63) is 34.3 Å². The summed E-state index contributed by atoms with van der Waals surface area (Å²) >= 11 is 3.45. The molecule has 0 radical (unpaired) electrons. The summed E-state index contributed by atoms with van der Waals surface area (Å²) in [6.45, 7) is 4.30. The van der Waals surface area contributed by atoms with E-state index in [0.717, 1.165) is 36.0 Å². The smallest absolute Gasteiger partial charge is 0.253 e. The lowest BCUT2D eigenvalue weighted by molar-refractivity contribution is 0.0623. The third-order valence-electron chi connectivity index (χ3n) is 4.98. The minimum Gasteiger partial charge on any atom is -0.339 e. The van der Waals surface area contributed by atoms with Crippen LogP contribution < -0.4 is 0 Å². The second-order valence-corrected chi connectivity index (χ2v) is 7.40. The van der Waals surface area contributed by atoms with Gasteiger partial charge < -0.3 is 9.80 Å². The quantitative estimate of drug-likeness (QED) is 0.793. The van der Waals surface area contributed by atoms with Gasteiger partial charge in [-0.25, -0.2) is 0 Å². The van der Waals surface area contributed by atoms with Gasteiger partial charge in [0.25, 0.3) is 5.91 Å². The summed E-state index contributed by atoms with van der Waals surface area (Å²) in [5.41, 5.74) is 0.794. The molecule has 2 aliphatic rings. The highest BCUT2D eigenvalue weighted by Gasteiger charge is 2.27. The van der Waals surface area contributed by atoms with Gasteiger partial charge in [0.15, 0.2) is 0 Å². The summed E-state index contributed by atoms with van der Waals surface area (Å²) in [7, 11) is 0. The first-order chi connectivity index (χ1) is 10.7. The molecule has 0 N–H and O–H groups in total. The number of piperidine rings is 1. The molecular formula is C18H25BrN2O. The third-order valence-corrected chi connectivity index (χ3v) is 5.47. The van der Waals surface area contributed by atoms with Crippen LogP contribution in [-0.2, 0) is 0 Å². The molecule has 0 atom stereocenters. The zero-order valence-electron chi connectivity index (χ0n) is 13.1. The van der Waals surface area contributed by atoms with Crippen molar-refractivity contribution >= 4 is 21.8 Å². The van der Waals surface area contributed by atoms with E-state index in [4.69, 9.17) is 0 Å². The summed E-state index contributed by atoms with van der Waals surface area (Å²) in [5.74, 6) is 0.176. The fraction of sp³-hybridized carbons (Fsp3) is 0.611. The molecule has 120 valence electrons. The summed E-state index contributed by atoms with van der Waals surface area (Å²) in [6.07, 6.45) is 7.71. The Morgan fingerprint density at radius 3 is 2.32 bits per heavy atom. The molecule has 1 aromatic carbocycles. The fourth-order valence-corrected chi connectivity index (χ4v) is 4.10. The Balaban J connectivity index is 1.56. The van der Waals surface area contributed by atoms with Crippen molar-refractivity contribution in [3.8, 4) is 0 Å². The molecule has 0 aliphatic carbocycles. The summed E-state index contributed by atoms with van der Waals surface area (Å²) in [4.78, 5) is 17.3. The molecule has 4 heteroatoms. The first kappa shape index (κ1) is 16.0. The number of nitrogens with zero attached hydrogens (tertiary/aromatic N) is 2. The summed E-state index contributed by atoms with van der Waals surface area (Å²) in [6, 6.07) is 8.41. The predicted molar refractivity (Wildman–Crippen MR) is 93.1 cm³/mol. The molecule has 2 aliphatic heterocycles. The number of carbonyl (C=O) groups excluding carboxylic acids is 1. The molecule has 0 bridgehead atoms. The lowest BCUT2D eigenvalue weighted by Gasteiger charge is -2.38. The average molecular weight is 365 g/mol. The number of rotatable bonds is 2. The number of carbonyl (C=O) groups is 1. The number of hydrogen-bond donors (Lipinski definition) is 0. The van der Waals surface area contributed by atoms with Crippen molar-refractivity contribution < 1.29 is 4.79 Å². The number of amides is 1. The van der Waals surface area contributed by atoms with Crippen LogP contribution in [0.4, 0.5) is 0 Å². The van der Waals surface area contributed by atoms with Crippen LogP contribution in [0.3, 0.4) is 0 Å². The van der Waals surface area contributed by atoms with E-state index in [2.05, 4.69) is 20.8 Å². The van der Waals surface area contributed by atoms with Crippen molar-refractivity contribution in [1.29, 1.82) is 0 Å². The van der Waals surface area contributed by atoms with Gasteiger partial charge in [-0.1, -0.05) is 34.8 Å². The van der Waals surface area contributed by atoms with E-state index in [1.54, 1.807) is 0 Å². The van der Waals surface area contributed by atoms with Gasteiger partial charge in [-0.05, 0) is 57.0 Å². The van der Waals surface area contributed by atoms with E-state index in [1.807, 2.05) is 29.2 Å². The maximum Gasteiger partial charge on any atom is 0.253 e. The Hall–Kier alpha value is -0.870. The number of benzene rings is 1. The molecule has 0 aromatic heterocycles. The van der Waals surface area contributed by atoms with Crippen LogP contribution >= 0.6 is 15.9 Å². The zero-order chi connectivity index (χ0) is 15.4. The molecule has 0 spiro atoms. The number of likely N-dealkylation sites (tertiary alicyclic amines) is 2. The van der Waals surface area contributed by atoms with E-state index in [9.17, 15) is 4.79 Å². The van der Waals surface area contributed by atoms with Gasteiger partial charge in [0.05, 0.1) is 0 Å². The summed E-state index contributed by atoms with van der Waals surface area (Å²) in [5, 5.41) is 0. The maximum absolute atomic E-state index is 12.6. The maximum atomic E-state index is 12.6. The Labute approximate surface area is 141 Å². The van der Waals surface area contributed by atoms with Crippen molar-refractivity contribution in [2.45, 2.75) is 44.6 Å². The Bertz CT molecular complexity index is 504. The normalized spacial score (nSPS) is 21.6. The van der Waals surface area contributed by atoms with E-state index < -0.39 is 0 Å². The average Bonchev–Trinajstić information content (AvgIpc) is 2.84.